The normalized spacial score (nSPS) is 7.00. The van der Waals surface area contributed by atoms with Crippen LogP contribution in [0.25, 0.3) is 0 Å². The third kappa shape index (κ3) is 8.87. The van der Waals surface area contributed by atoms with Gasteiger partial charge in [0.1, 0.15) is 0 Å². The molecule has 0 radical (unpaired) electrons. The van der Waals surface area contributed by atoms with Crippen LogP contribution >= 0.6 is 0 Å². The Morgan fingerprint density at radius 3 is 1.33 bits per heavy atom. The monoisotopic (exact) mass is 100 g/mol. The Balaban J connectivity index is 0. The molecule has 0 aromatic carbocycles. The van der Waals surface area contributed by atoms with Crippen LogP contribution in [0.2, 0.25) is 0 Å². The average molecular weight is 100 g/mol. The van der Waals surface area contributed by atoms with E-state index < -0.39 is 0 Å². The third-order valence-corrected chi connectivity index (χ3v) is 0.316. The van der Waals surface area contributed by atoms with Crippen LogP contribution in [0.15, 0.2) is 0 Å². The second-order valence-corrected chi connectivity index (χ2v) is 0.801. The van der Waals surface area contributed by atoms with Crippen molar-refractivity contribution in [3.8, 4) is 0 Å². The summed E-state index contributed by atoms with van der Waals surface area (Å²) in [5, 5.41) is 15.8. The zero-order valence-corrected chi connectivity index (χ0v) is 3.02. The molecule has 6 heavy (non-hydrogen) atoms. The first-order valence-corrected chi connectivity index (χ1v) is 1.63. The van der Waals surface area contributed by atoms with Gasteiger partial charge in [-0.15, -0.1) is 0 Å². The molecular weight excluding hydrogens is 91.0 g/mol. The number of aliphatic hydroxyl groups is 2. The van der Waals surface area contributed by atoms with Crippen molar-refractivity contribution in [1.82, 2.24) is 0 Å². The van der Waals surface area contributed by atoms with Crippen LogP contribution in [-0.2, 0) is 0 Å². The summed E-state index contributed by atoms with van der Waals surface area (Å²) in [6.07, 6.45) is 0.500. The molecule has 0 aliphatic rings. The van der Waals surface area contributed by atoms with E-state index in [2.05, 4.69) is 0 Å². The molecule has 3 heteroatoms. The summed E-state index contributed by atoms with van der Waals surface area (Å²) in [4.78, 5) is 0. The first-order valence-electron chi connectivity index (χ1n) is 1.63. The van der Waals surface area contributed by atoms with E-state index in [1.165, 1.54) is 0 Å². The fraction of sp³-hybridized carbons (Fsp3) is 1.00. The van der Waals surface area contributed by atoms with E-state index in [9.17, 15) is 0 Å². The van der Waals surface area contributed by atoms with Gasteiger partial charge >= 0.3 is 29.6 Å². The van der Waals surface area contributed by atoms with Crippen LogP contribution in [0, 0.1) is 0 Å². The van der Waals surface area contributed by atoms with Crippen molar-refractivity contribution in [3.63, 3.8) is 0 Å². The summed E-state index contributed by atoms with van der Waals surface area (Å²) in [5.41, 5.74) is 0. The predicted octanol–water partition coefficient (Wildman–Crippen LogP) is -1.29. The van der Waals surface area contributed by atoms with E-state index >= 15 is 0 Å². The van der Waals surface area contributed by atoms with E-state index in [0.717, 1.165) is 0 Å². The molecule has 0 heterocycles. The zero-order chi connectivity index (χ0) is 4.12. The van der Waals surface area contributed by atoms with E-state index in [-0.39, 0.29) is 42.8 Å². The van der Waals surface area contributed by atoms with Gasteiger partial charge in [-0.3, -0.25) is 0 Å². The topological polar surface area (TPSA) is 40.5 Å². The Kier molecular flexibility index (Phi) is 15.6. The second-order valence-electron chi connectivity index (χ2n) is 0.801. The minimum absolute atomic E-state index is 0. The van der Waals surface area contributed by atoms with Crippen molar-refractivity contribution >= 4 is 29.6 Å². The fourth-order valence-corrected chi connectivity index (χ4v) is 0.0707. The summed E-state index contributed by atoms with van der Waals surface area (Å²) in [5.74, 6) is 0. The molecule has 0 fully saturated rings. The second kappa shape index (κ2) is 9.33. The first-order chi connectivity index (χ1) is 2.41. The Bertz CT molecular complexity index is 16.3. The number of rotatable bonds is 2. The van der Waals surface area contributed by atoms with Gasteiger partial charge in [-0.1, -0.05) is 0 Å². The summed E-state index contributed by atoms with van der Waals surface area (Å²) in [6.45, 7) is 0.188. The summed E-state index contributed by atoms with van der Waals surface area (Å²) < 4.78 is 0. The molecule has 0 aromatic rings. The van der Waals surface area contributed by atoms with E-state index in [0.29, 0.717) is 6.42 Å². The predicted molar refractivity (Wildman–Crippen MR) is 25.9 cm³/mol. The summed E-state index contributed by atoms with van der Waals surface area (Å²) in [6, 6.07) is 0. The van der Waals surface area contributed by atoms with Crippen molar-refractivity contribution in [3.05, 3.63) is 0 Å². The Labute approximate surface area is 59.5 Å². The van der Waals surface area contributed by atoms with E-state index in [1.54, 1.807) is 0 Å². The Hall–Kier alpha value is 0.920. The summed E-state index contributed by atoms with van der Waals surface area (Å²) >= 11 is 0. The molecule has 0 bridgehead atoms. The third-order valence-electron chi connectivity index (χ3n) is 0.316. The first kappa shape index (κ1) is 10.0. The Morgan fingerprint density at radius 2 is 1.33 bits per heavy atom. The number of aliphatic hydroxyl groups excluding tert-OH is 2. The van der Waals surface area contributed by atoms with Crippen molar-refractivity contribution in [2.75, 3.05) is 13.2 Å². The molecule has 2 nitrogen and oxygen atoms in total. The van der Waals surface area contributed by atoms with Gasteiger partial charge in [0.05, 0.1) is 0 Å². The van der Waals surface area contributed by atoms with Crippen molar-refractivity contribution in [2.45, 2.75) is 6.42 Å². The maximum absolute atomic E-state index is 7.91. The van der Waals surface area contributed by atoms with Crippen LogP contribution in [0.5, 0.6) is 0 Å². The van der Waals surface area contributed by atoms with Crippen LogP contribution < -0.4 is 0 Å². The minimum atomic E-state index is 0. The van der Waals surface area contributed by atoms with Gasteiger partial charge in [0.15, 0.2) is 0 Å². The van der Waals surface area contributed by atoms with Gasteiger partial charge in [-0.25, -0.2) is 0 Å². The van der Waals surface area contributed by atoms with Gasteiger partial charge in [0.25, 0.3) is 0 Å². The molecule has 0 unspecified atom stereocenters. The van der Waals surface area contributed by atoms with Crippen LogP contribution in [0.3, 0.4) is 0 Å². The molecule has 0 saturated carbocycles. The van der Waals surface area contributed by atoms with Crippen LogP contribution in [-0.4, -0.2) is 53.0 Å². The molecule has 0 saturated heterocycles. The van der Waals surface area contributed by atoms with Crippen LogP contribution in [0.1, 0.15) is 6.42 Å². The fourth-order valence-electron chi connectivity index (χ4n) is 0.0707. The average Bonchev–Trinajstić information content (AvgIpc) is 1.41. The summed E-state index contributed by atoms with van der Waals surface area (Å²) in [7, 11) is 0. The van der Waals surface area contributed by atoms with Gasteiger partial charge in [0.2, 0.25) is 0 Å². The zero-order valence-electron chi connectivity index (χ0n) is 3.02. The van der Waals surface area contributed by atoms with E-state index in [1.807, 2.05) is 0 Å². The van der Waals surface area contributed by atoms with Gasteiger partial charge in [0, 0.05) is 13.2 Å². The van der Waals surface area contributed by atoms with Crippen molar-refractivity contribution < 1.29 is 10.2 Å². The molecule has 0 amide bonds. The Morgan fingerprint density at radius 1 is 1.00 bits per heavy atom. The molecule has 2 N–H and O–H groups in total. The molecule has 0 spiro atoms. The van der Waals surface area contributed by atoms with Crippen molar-refractivity contribution in [2.24, 2.45) is 0 Å². The standard InChI is InChI=1S/C3H8O2.Na.H/c4-2-1-3-5;;/h4-5H,1-3H2;;. The molecule has 0 rings (SSSR count). The molecule has 34 valence electrons. The van der Waals surface area contributed by atoms with Crippen molar-refractivity contribution in [1.29, 1.82) is 0 Å². The SMILES string of the molecule is OCCCO.[NaH]. The van der Waals surface area contributed by atoms with E-state index in [4.69, 9.17) is 10.2 Å². The van der Waals surface area contributed by atoms with Crippen LogP contribution in [0.4, 0.5) is 0 Å². The molecule has 0 aliphatic carbocycles. The number of hydrogen-bond acceptors (Lipinski definition) is 2. The van der Waals surface area contributed by atoms with Gasteiger partial charge < -0.3 is 10.2 Å². The molecule has 0 aromatic heterocycles. The molecule has 0 aliphatic heterocycles. The molecule has 0 atom stereocenters. The molecular formula is C3H9NaO2. The quantitative estimate of drug-likeness (QED) is 0.424. The van der Waals surface area contributed by atoms with Gasteiger partial charge in [-0.2, -0.15) is 0 Å². The van der Waals surface area contributed by atoms with Gasteiger partial charge in [-0.05, 0) is 6.42 Å². The maximum atomic E-state index is 7.91. The number of hydrogen-bond donors (Lipinski definition) is 2.